The van der Waals surface area contributed by atoms with Crippen molar-refractivity contribution in [2.24, 2.45) is 0 Å². The molecule has 1 heterocycles. The lowest BCUT2D eigenvalue weighted by Gasteiger charge is -2.01. The summed E-state index contributed by atoms with van der Waals surface area (Å²) in [6.07, 6.45) is 15.0. The van der Waals surface area contributed by atoms with Gasteiger partial charge in [-0.3, -0.25) is 4.79 Å². The molecule has 0 spiro atoms. The Bertz CT molecular complexity index is 577. The predicted molar refractivity (Wildman–Crippen MR) is 104 cm³/mol. The number of carboxylic acid groups (broad SMARTS) is 1. The van der Waals surface area contributed by atoms with Gasteiger partial charge in [0.15, 0.2) is 0 Å². The molecule has 1 aromatic rings. The molecule has 4 heteroatoms. The van der Waals surface area contributed by atoms with Gasteiger partial charge in [0.05, 0.1) is 4.88 Å². The van der Waals surface area contributed by atoms with Crippen LogP contribution in [0.5, 0.6) is 0 Å². The first-order valence-electron chi connectivity index (χ1n) is 9.51. The van der Waals surface area contributed by atoms with Crippen LogP contribution in [0.15, 0.2) is 12.1 Å². The van der Waals surface area contributed by atoms with Crippen LogP contribution in [0.25, 0.3) is 0 Å². The molecule has 3 nitrogen and oxygen atoms in total. The number of carboxylic acids is 1. The SMILES string of the molecule is CCCCCCCCCCCCCC#CC(=O)c1ccc(C(=O)O)s1. The molecule has 138 valence electrons. The Kier molecular flexibility index (Phi) is 11.7. The lowest BCUT2D eigenvalue weighted by molar-refractivity contribution is 0.0702. The molecular weight excluding hydrogens is 332 g/mol. The minimum Gasteiger partial charge on any atom is -0.477 e. The highest BCUT2D eigenvalue weighted by atomic mass is 32.1. The molecule has 1 aromatic heterocycles. The summed E-state index contributed by atoms with van der Waals surface area (Å²) in [6, 6.07) is 2.99. The summed E-state index contributed by atoms with van der Waals surface area (Å²) in [5, 5.41) is 8.84. The quantitative estimate of drug-likeness (QED) is 0.193. The highest BCUT2D eigenvalue weighted by Gasteiger charge is 2.10. The normalized spacial score (nSPS) is 10.3. The summed E-state index contributed by atoms with van der Waals surface area (Å²) < 4.78 is 0. The molecule has 0 aliphatic rings. The Morgan fingerprint density at radius 2 is 1.40 bits per heavy atom. The van der Waals surface area contributed by atoms with Crippen LogP contribution < -0.4 is 0 Å². The van der Waals surface area contributed by atoms with Crippen LogP contribution in [0, 0.1) is 11.8 Å². The van der Waals surface area contributed by atoms with Crippen molar-refractivity contribution in [1.29, 1.82) is 0 Å². The van der Waals surface area contributed by atoms with Gasteiger partial charge in [-0.05, 0) is 24.5 Å². The van der Waals surface area contributed by atoms with E-state index in [-0.39, 0.29) is 10.7 Å². The standard InChI is InChI=1S/C21H30O3S/c1-2-3-4-5-6-7-8-9-10-11-12-13-14-15-18(22)19-16-17-20(25-19)21(23)24/h16-17H,2-13H2,1H3,(H,23,24). The van der Waals surface area contributed by atoms with E-state index in [1.807, 2.05) is 0 Å². The third-order valence-electron chi connectivity index (χ3n) is 4.15. The molecular formula is C21H30O3S. The van der Waals surface area contributed by atoms with Crippen LogP contribution in [-0.4, -0.2) is 16.9 Å². The van der Waals surface area contributed by atoms with Gasteiger partial charge in [0, 0.05) is 6.42 Å². The van der Waals surface area contributed by atoms with Crippen molar-refractivity contribution in [2.45, 2.75) is 84.0 Å². The molecule has 0 bridgehead atoms. The van der Waals surface area contributed by atoms with Crippen molar-refractivity contribution in [3.8, 4) is 11.8 Å². The number of ketones is 1. The van der Waals surface area contributed by atoms with E-state index in [2.05, 4.69) is 18.8 Å². The highest BCUT2D eigenvalue weighted by Crippen LogP contribution is 2.16. The van der Waals surface area contributed by atoms with Gasteiger partial charge in [0.2, 0.25) is 5.78 Å². The predicted octanol–water partition coefficient (Wildman–Crippen LogP) is 6.33. The van der Waals surface area contributed by atoms with Crippen LogP contribution in [0.3, 0.4) is 0 Å². The summed E-state index contributed by atoms with van der Waals surface area (Å²) in [5.41, 5.74) is 0. The van der Waals surface area contributed by atoms with Crippen LogP contribution in [0.1, 0.15) is 103 Å². The second-order valence-corrected chi connectivity index (χ2v) is 7.47. The van der Waals surface area contributed by atoms with E-state index in [0.29, 0.717) is 4.88 Å². The third kappa shape index (κ3) is 10.1. The topological polar surface area (TPSA) is 54.4 Å². The fraction of sp³-hybridized carbons (Fsp3) is 0.619. The van der Waals surface area contributed by atoms with Crippen molar-refractivity contribution in [3.63, 3.8) is 0 Å². The Labute approximate surface area is 155 Å². The van der Waals surface area contributed by atoms with Gasteiger partial charge in [-0.15, -0.1) is 11.3 Å². The molecule has 0 unspecified atom stereocenters. The summed E-state index contributed by atoms with van der Waals surface area (Å²) in [4.78, 5) is 23.2. The van der Waals surface area contributed by atoms with Crippen molar-refractivity contribution in [1.82, 2.24) is 0 Å². The average Bonchev–Trinajstić information content (AvgIpc) is 3.09. The minimum absolute atomic E-state index is 0.176. The molecule has 0 atom stereocenters. The smallest absolute Gasteiger partial charge is 0.345 e. The van der Waals surface area contributed by atoms with Gasteiger partial charge >= 0.3 is 5.97 Å². The zero-order chi connectivity index (χ0) is 18.3. The number of aromatic carboxylic acids is 1. The first-order chi connectivity index (χ1) is 12.1. The molecule has 1 rings (SSSR count). The van der Waals surface area contributed by atoms with Crippen LogP contribution in [-0.2, 0) is 0 Å². The van der Waals surface area contributed by atoms with E-state index in [4.69, 9.17) is 5.11 Å². The number of rotatable bonds is 13. The Morgan fingerprint density at radius 3 is 1.92 bits per heavy atom. The van der Waals surface area contributed by atoms with Crippen LogP contribution in [0.4, 0.5) is 0 Å². The molecule has 0 saturated carbocycles. The Hall–Kier alpha value is -1.60. The number of hydrogen-bond donors (Lipinski definition) is 1. The van der Waals surface area contributed by atoms with Gasteiger partial charge in [0.1, 0.15) is 4.88 Å². The summed E-state index contributed by atoms with van der Waals surface area (Å²) in [5.74, 6) is 4.25. The molecule has 0 saturated heterocycles. The summed E-state index contributed by atoms with van der Waals surface area (Å²) >= 11 is 0.983. The molecule has 0 fully saturated rings. The second kappa shape index (κ2) is 13.7. The van der Waals surface area contributed by atoms with E-state index >= 15 is 0 Å². The lowest BCUT2D eigenvalue weighted by Crippen LogP contribution is -1.91. The average molecular weight is 363 g/mol. The van der Waals surface area contributed by atoms with Gasteiger partial charge in [-0.2, -0.15) is 0 Å². The van der Waals surface area contributed by atoms with E-state index in [9.17, 15) is 9.59 Å². The molecule has 1 N–H and O–H groups in total. The monoisotopic (exact) mass is 362 g/mol. The second-order valence-electron chi connectivity index (χ2n) is 6.39. The van der Waals surface area contributed by atoms with Gasteiger partial charge < -0.3 is 5.11 Å². The fourth-order valence-electron chi connectivity index (χ4n) is 2.66. The molecule has 0 aromatic carbocycles. The lowest BCUT2D eigenvalue weighted by atomic mass is 10.1. The summed E-state index contributed by atoms with van der Waals surface area (Å²) in [6.45, 7) is 2.25. The number of hydrogen-bond acceptors (Lipinski definition) is 3. The van der Waals surface area contributed by atoms with Crippen molar-refractivity contribution in [3.05, 3.63) is 21.9 Å². The Morgan fingerprint density at radius 1 is 0.880 bits per heavy atom. The zero-order valence-electron chi connectivity index (χ0n) is 15.3. The number of carbonyl (C=O) groups is 2. The fourth-order valence-corrected chi connectivity index (χ4v) is 3.40. The Balaban J connectivity index is 2.02. The number of thiophene rings is 1. The van der Waals surface area contributed by atoms with Gasteiger partial charge in [0.25, 0.3) is 0 Å². The van der Waals surface area contributed by atoms with E-state index < -0.39 is 5.97 Å². The maximum absolute atomic E-state index is 11.8. The minimum atomic E-state index is -1.00. The molecule has 0 radical (unpaired) electrons. The zero-order valence-corrected chi connectivity index (χ0v) is 16.1. The van der Waals surface area contributed by atoms with Gasteiger partial charge in [-0.25, -0.2) is 4.79 Å². The number of carbonyl (C=O) groups excluding carboxylic acids is 1. The molecule has 0 aliphatic carbocycles. The maximum Gasteiger partial charge on any atom is 0.345 e. The number of Topliss-reactive ketones (excluding diaryl/α,β-unsaturated/α-hetero) is 1. The third-order valence-corrected chi connectivity index (χ3v) is 5.22. The maximum atomic E-state index is 11.8. The largest absolute Gasteiger partial charge is 0.477 e. The van der Waals surface area contributed by atoms with Crippen LogP contribution >= 0.6 is 11.3 Å². The van der Waals surface area contributed by atoms with Crippen LogP contribution in [0.2, 0.25) is 0 Å². The van der Waals surface area contributed by atoms with E-state index in [1.54, 1.807) is 0 Å². The molecule has 0 aliphatic heterocycles. The van der Waals surface area contributed by atoms with Crippen molar-refractivity contribution < 1.29 is 14.7 Å². The first-order valence-corrected chi connectivity index (χ1v) is 10.3. The van der Waals surface area contributed by atoms with Gasteiger partial charge in [-0.1, -0.05) is 77.1 Å². The van der Waals surface area contributed by atoms with Crippen molar-refractivity contribution >= 4 is 23.1 Å². The molecule has 0 amide bonds. The van der Waals surface area contributed by atoms with Crippen molar-refractivity contribution in [2.75, 3.05) is 0 Å². The first kappa shape index (κ1) is 21.4. The highest BCUT2D eigenvalue weighted by molar-refractivity contribution is 7.16. The van der Waals surface area contributed by atoms with E-state index in [1.165, 1.54) is 76.3 Å². The summed E-state index contributed by atoms with van der Waals surface area (Å²) in [7, 11) is 0. The van der Waals surface area contributed by atoms with E-state index in [0.717, 1.165) is 24.2 Å². The molecule has 25 heavy (non-hydrogen) atoms. The number of unbranched alkanes of at least 4 members (excludes halogenated alkanes) is 11.